The molecule has 0 saturated carbocycles. The first-order chi connectivity index (χ1) is 11.8. The van der Waals surface area contributed by atoms with Crippen molar-refractivity contribution in [2.24, 2.45) is 5.92 Å². The van der Waals surface area contributed by atoms with Crippen molar-refractivity contribution >= 4 is 20.8 Å². The van der Waals surface area contributed by atoms with E-state index in [0.29, 0.717) is 12.1 Å². The Labute approximate surface area is 148 Å². The Morgan fingerprint density at radius 3 is 2.80 bits per heavy atom. The van der Waals surface area contributed by atoms with E-state index in [-0.39, 0.29) is 17.3 Å². The number of rotatable bonds is 5. The topological polar surface area (TPSA) is 67.6 Å². The van der Waals surface area contributed by atoms with E-state index in [2.05, 4.69) is 17.9 Å². The van der Waals surface area contributed by atoms with Crippen molar-refractivity contribution in [3.05, 3.63) is 45.8 Å². The van der Waals surface area contributed by atoms with Crippen molar-refractivity contribution in [2.45, 2.75) is 32.7 Å². The number of hydrogen-bond acceptors (Lipinski definition) is 5. The fourth-order valence-corrected chi connectivity index (χ4v) is 4.85. The molecule has 1 aliphatic heterocycles. The lowest BCUT2D eigenvalue weighted by atomic mass is 9.99. The van der Waals surface area contributed by atoms with Gasteiger partial charge in [0.15, 0.2) is 0 Å². The number of piperidine rings is 1. The third kappa shape index (κ3) is 4.70. The van der Waals surface area contributed by atoms with Crippen LogP contribution in [0.1, 0.15) is 30.9 Å². The lowest BCUT2D eigenvalue weighted by Crippen LogP contribution is -2.37. The maximum Gasteiger partial charge on any atom is 0.336 e. The summed E-state index contributed by atoms with van der Waals surface area (Å²) in [6.45, 7) is 4.42. The van der Waals surface area contributed by atoms with Gasteiger partial charge in [-0.15, -0.1) is 0 Å². The van der Waals surface area contributed by atoms with Gasteiger partial charge in [-0.2, -0.15) is 0 Å². The molecule has 1 aliphatic rings. The van der Waals surface area contributed by atoms with Gasteiger partial charge in [0.05, 0.1) is 5.75 Å². The second-order valence-electron chi connectivity index (χ2n) is 7.11. The fourth-order valence-electron chi connectivity index (χ4n) is 3.73. The van der Waals surface area contributed by atoms with Crippen LogP contribution in [0.2, 0.25) is 0 Å². The van der Waals surface area contributed by atoms with Crippen LogP contribution in [-0.4, -0.2) is 38.4 Å². The van der Waals surface area contributed by atoms with Gasteiger partial charge >= 0.3 is 5.63 Å². The van der Waals surface area contributed by atoms with E-state index in [0.717, 1.165) is 43.3 Å². The highest BCUT2D eigenvalue weighted by Crippen LogP contribution is 2.24. The van der Waals surface area contributed by atoms with Crippen LogP contribution in [0.3, 0.4) is 0 Å². The van der Waals surface area contributed by atoms with Crippen molar-refractivity contribution in [1.82, 2.24) is 4.90 Å². The van der Waals surface area contributed by atoms with Crippen molar-refractivity contribution in [2.75, 3.05) is 25.1 Å². The van der Waals surface area contributed by atoms with Crippen LogP contribution in [0.25, 0.3) is 11.0 Å². The zero-order valence-electron chi connectivity index (χ0n) is 14.8. The molecule has 5 nitrogen and oxygen atoms in total. The maximum atomic E-state index is 11.9. The monoisotopic (exact) mass is 363 g/mol. The van der Waals surface area contributed by atoms with Crippen LogP contribution in [0.15, 0.2) is 33.5 Å². The lowest BCUT2D eigenvalue weighted by molar-refractivity contribution is 0.178. The molecule has 2 heterocycles. The van der Waals surface area contributed by atoms with Gasteiger partial charge in [-0.1, -0.05) is 13.0 Å². The Morgan fingerprint density at radius 1 is 1.28 bits per heavy atom. The first-order valence-corrected chi connectivity index (χ1v) is 10.9. The molecule has 1 unspecified atom stereocenters. The Hall–Kier alpha value is -1.66. The Bertz CT molecular complexity index is 917. The standard InChI is InChI=1S/C19H25NO4S/c1-3-14-6-7-18-17(9-14)16(10-19(21)24-18)12-20-8-4-5-15(11-20)13-25(2,22)23/h6-7,9-10,15H,3-5,8,11-13H2,1-2H3. The average Bonchev–Trinajstić information content (AvgIpc) is 2.53. The molecule has 1 aromatic heterocycles. The zero-order chi connectivity index (χ0) is 18.0. The van der Waals surface area contributed by atoms with Crippen molar-refractivity contribution in [3.8, 4) is 0 Å². The van der Waals surface area contributed by atoms with Crippen LogP contribution < -0.4 is 5.63 Å². The number of sulfone groups is 1. The maximum absolute atomic E-state index is 11.9. The number of fused-ring (bicyclic) bond motifs is 1. The minimum Gasteiger partial charge on any atom is -0.423 e. The van der Waals surface area contributed by atoms with Crippen LogP contribution in [-0.2, 0) is 22.8 Å². The molecule has 0 spiro atoms. The predicted molar refractivity (Wildman–Crippen MR) is 99.6 cm³/mol. The first kappa shape index (κ1) is 18.1. The van der Waals surface area contributed by atoms with Gasteiger partial charge in [-0.25, -0.2) is 13.2 Å². The number of aryl methyl sites for hydroxylation is 1. The quantitative estimate of drug-likeness (QED) is 0.764. The minimum absolute atomic E-state index is 0.168. The van der Waals surface area contributed by atoms with Crippen LogP contribution in [0.5, 0.6) is 0 Å². The summed E-state index contributed by atoms with van der Waals surface area (Å²) < 4.78 is 28.5. The van der Waals surface area contributed by atoms with E-state index in [9.17, 15) is 13.2 Å². The highest BCUT2D eigenvalue weighted by molar-refractivity contribution is 7.90. The fraction of sp³-hybridized carbons (Fsp3) is 0.526. The van der Waals surface area contributed by atoms with Crippen LogP contribution in [0.4, 0.5) is 0 Å². The average molecular weight is 363 g/mol. The molecule has 25 heavy (non-hydrogen) atoms. The Kier molecular flexibility index (Phi) is 5.29. The minimum atomic E-state index is -2.96. The molecule has 0 amide bonds. The summed E-state index contributed by atoms with van der Waals surface area (Å²) in [5.41, 5.74) is 2.44. The van der Waals surface area contributed by atoms with E-state index in [1.807, 2.05) is 12.1 Å². The molecule has 1 fully saturated rings. The van der Waals surface area contributed by atoms with E-state index >= 15 is 0 Å². The Morgan fingerprint density at radius 2 is 2.08 bits per heavy atom. The molecular formula is C19H25NO4S. The molecule has 1 saturated heterocycles. The molecule has 136 valence electrons. The molecule has 6 heteroatoms. The molecule has 0 N–H and O–H groups in total. The summed E-state index contributed by atoms with van der Waals surface area (Å²) in [5, 5.41) is 0.976. The zero-order valence-corrected chi connectivity index (χ0v) is 15.6. The second kappa shape index (κ2) is 7.30. The molecular weight excluding hydrogens is 338 g/mol. The SMILES string of the molecule is CCc1ccc2oc(=O)cc(CN3CCCC(CS(C)(=O)=O)C3)c2c1. The molecule has 0 bridgehead atoms. The summed E-state index contributed by atoms with van der Waals surface area (Å²) in [6, 6.07) is 7.51. The number of likely N-dealkylation sites (tertiary alicyclic amines) is 1. The van der Waals surface area contributed by atoms with Gasteiger partial charge in [0.1, 0.15) is 15.4 Å². The van der Waals surface area contributed by atoms with Gasteiger partial charge in [-0.05, 0) is 55.0 Å². The molecule has 3 rings (SSSR count). The lowest BCUT2D eigenvalue weighted by Gasteiger charge is -2.32. The highest BCUT2D eigenvalue weighted by atomic mass is 32.2. The summed E-state index contributed by atoms with van der Waals surface area (Å²) in [4.78, 5) is 14.1. The third-order valence-electron chi connectivity index (χ3n) is 4.84. The highest BCUT2D eigenvalue weighted by Gasteiger charge is 2.23. The number of nitrogens with zero attached hydrogens (tertiary/aromatic N) is 1. The molecule has 1 atom stereocenters. The molecule has 1 aromatic carbocycles. The van der Waals surface area contributed by atoms with Crippen LogP contribution >= 0.6 is 0 Å². The van der Waals surface area contributed by atoms with E-state index in [1.165, 1.54) is 11.8 Å². The summed E-state index contributed by atoms with van der Waals surface area (Å²) in [6.07, 6.45) is 4.16. The van der Waals surface area contributed by atoms with Gasteiger partial charge in [-0.3, -0.25) is 4.90 Å². The van der Waals surface area contributed by atoms with Crippen molar-refractivity contribution in [3.63, 3.8) is 0 Å². The summed E-state index contributed by atoms with van der Waals surface area (Å²) in [5.74, 6) is 0.405. The Balaban J connectivity index is 1.85. The molecule has 2 aromatic rings. The summed E-state index contributed by atoms with van der Waals surface area (Å²) >= 11 is 0. The van der Waals surface area contributed by atoms with Gasteiger partial charge in [0.25, 0.3) is 0 Å². The largest absolute Gasteiger partial charge is 0.423 e. The van der Waals surface area contributed by atoms with E-state index < -0.39 is 9.84 Å². The van der Waals surface area contributed by atoms with E-state index in [4.69, 9.17) is 4.42 Å². The normalized spacial score (nSPS) is 19.4. The molecule has 0 radical (unpaired) electrons. The van der Waals surface area contributed by atoms with Gasteiger partial charge < -0.3 is 4.42 Å². The van der Waals surface area contributed by atoms with Crippen molar-refractivity contribution in [1.29, 1.82) is 0 Å². The van der Waals surface area contributed by atoms with Crippen LogP contribution in [0, 0.1) is 5.92 Å². The van der Waals surface area contributed by atoms with Gasteiger partial charge in [0.2, 0.25) is 0 Å². The predicted octanol–water partition coefficient (Wildman–Crippen LogP) is 2.61. The third-order valence-corrected chi connectivity index (χ3v) is 5.91. The molecule has 0 aliphatic carbocycles. The van der Waals surface area contributed by atoms with Gasteiger partial charge in [0, 0.05) is 30.8 Å². The number of hydrogen-bond donors (Lipinski definition) is 0. The van der Waals surface area contributed by atoms with E-state index in [1.54, 1.807) is 6.07 Å². The summed E-state index contributed by atoms with van der Waals surface area (Å²) in [7, 11) is -2.96. The number of benzene rings is 1. The second-order valence-corrected chi connectivity index (χ2v) is 9.30. The smallest absolute Gasteiger partial charge is 0.336 e. The first-order valence-electron chi connectivity index (χ1n) is 8.80. The van der Waals surface area contributed by atoms with Crippen molar-refractivity contribution < 1.29 is 12.8 Å².